The number of aliphatic hydroxyl groups is 2. The highest BCUT2D eigenvalue weighted by Gasteiger charge is 2.42. The predicted octanol–water partition coefficient (Wildman–Crippen LogP) is -3.76. The van der Waals surface area contributed by atoms with Crippen molar-refractivity contribution in [2.75, 3.05) is 39.4 Å². The van der Waals surface area contributed by atoms with Gasteiger partial charge >= 0.3 is 5.97 Å². The lowest BCUT2D eigenvalue weighted by Gasteiger charge is -2.31. The van der Waals surface area contributed by atoms with Crippen LogP contribution in [-0.4, -0.2) is 253 Å². The Hall–Kier alpha value is -12.8. The second kappa shape index (κ2) is 48.5. The molecule has 6 rings (SSSR count). The van der Waals surface area contributed by atoms with Crippen LogP contribution in [0, 0.1) is 34.5 Å². The molecule has 13 amide bonds. The quantitative estimate of drug-likeness (QED) is 0.0101. The van der Waals surface area contributed by atoms with Crippen LogP contribution in [0.25, 0.3) is 10.9 Å². The molecule has 0 radical (unpaired) electrons. The number of aliphatic carboxylic acids is 1. The Morgan fingerprint density at radius 2 is 0.975 bits per heavy atom. The Labute approximate surface area is 705 Å². The van der Waals surface area contributed by atoms with E-state index < -0.39 is 205 Å². The van der Waals surface area contributed by atoms with Crippen LogP contribution < -0.4 is 91.6 Å². The molecule has 41 nitrogen and oxygen atoms in total. The molecule has 0 unspecified atom stereocenters. The smallest absolute Gasteiger partial charge is 0.326 e. The van der Waals surface area contributed by atoms with Crippen molar-refractivity contribution < 1.29 is 87.5 Å². The number of aromatic amines is 2. The number of aromatic hydroxyl groups is 1. The van der Waals surface area contributed by atoms with Gasteiger partial charge in [-0.05, 0) is 104 Å². The number of likely N-dealkylation sites (tertiary alicyclic amines) is 1. The summed E-state index contributed by atoms with van der Waals surface area (Å²) in [4.78, 5) is 209. The van der Waals surface area contributed by atoms with E-state index in [2.05, 4.69) is 89.4 Å². The van der Waals surface area contributed by atoms with E-state index >= 15 is 0 Å². The summed E-state index contributed by atoms with van der Waals surface area (Å²) in [6, 6.07) is 1.96. The van der Waals surface area contributed by atoms with Crippen molar-refractivity contribution >= 4 is 106 Å². The van der Waals surface area contributed by atoms with Crippen molar-refractivity contribution in [2.45, 2.75) is 205 Å². The van der Waals surface area contributed by atoms with E-state index in [1.807, 2.05) is 0 Å². The SMILES string of the molecule is CC(C)C[C@H](NC(=O)[C@@H](Cc1cnc[nH]1)NC(=O)[C@@H](NC(=O)[C@@H](NC(=O)[C@H](CCCNC(=N)N)NC(=O)[C@@H](CO)NC(=O)[C@H](Cc1ccccc1)NC(=O)[C@H]1CCCN1C(=O)[C@H](CO)NC(=O)[C@H](CCCNC(=N)N)NC(=O)[C@@H](Cc1ccc(O)cc1)NC(=O)[C@@H](Cc1c[nH]c2ccccc12)NC(=O)CNC(=O)[C@@H](N)C(C)C)C(C)C)C(C)C)C(=O)O. The number of nitrogens with zero attached hydrogens (tertiary/aromatic N) is 2. The number of fused-ring (bicyclic) bond motifs is 1. The monoisotopic (exact) mass is 1700 g/mol. The number of hydrogen-bond donors (Lipinski definition) is 25. The number of guanidine groups is 2. The number of aromatic nitrogens is 3. The van der Waals surface area contributed by atoms with Gasteiger partial charge in [0.15, 0.2) is 11.9 Å². The molecule has 0 saturated carbocycles. The van der Waals surface area contributed by atoms with E-state index in [-0.39, 0.29) is 108 Å². The van der Waals surface area contributed by atoms with Crippen LogP contribution in [-0.2, 0) is 92.8 Å². The predicted molar refractivity (Wildman–Crippen MR) is 447 cm³/mol. The number of nitrogens with one attached hydrogen (secondary N) is 18. The van der Waals surface area contributed by atoms with Crippen LogP contribution in [0.4, 0.5) is 0 Å². The summed E-state index contributed by atoms with van der Waals surface area (Å²) in [6.07, 6.45) is 3.47. The number of amides is 13. The summed E-state index contributed by atoms with van der Waals surface area (Å²) in [5.74, 6) is -15.9. The molecule has 666 valence electrons. The van der Waals surface area contributed by atoms with E-state index in [4.69, 9.17) is 28.0 Å². The highest BCUT2D eigenvalue weighted by atomic mass is 16.4. The second-order valence-corrected chi connectivity index (χ2v) is 31.5. The van der Waals surface area contributed by atoms with Gasteiger partial charge in [-0.15, -0.1) is 0 Å². The Morgan fingerprint density at radius 1 is 0.508 bits per heavy atom. The second-order valence-electron chi connectivity index (χ2n) is 31.5. The average Bonchev–Trinajstić information content (AvgIpc) is 1.63. The Morgan fingerprint density at radius 3 is 1.51 bits per heavy atom. The fourth-order valence-electron chi connectivity index (χ4n) is 13.4. The highest BCUT2D eigenvalue weighted by Crippen LogP contribution is 2.23. The fourth-order valence-corrected chi connectivity index (χ4v) is 13.4. The number of carbonyl (C=O) groups is 14. The number of hydrogen-bond acceptors (Lipinski definition) is 21. The molecule has 2 aromatic heterocycles. The number of imidazole rings is 1. The first-order valence-electron chi connectivity index (χ1n) is 40.5. The zero-order valence-corrected chi connectivity index (χ0v) is 69.7. The normalized spacial score (nSPS) is 15.5. The number of carboxylic acid groups (broad SMARTS) is 1. The number of nitrogens with two attached hydrogens (primary N) is 3. The molecule has 0 bridgehead atoms. The zero-order chi connectivity index (χ0) is 90.0. The number of benzene rings is 3. The van der Waals surface area contributed by atoms with Crippen molar-refractivity contribution in [1.29, 1.82) is 10.8 Å². The van der Waals surface area contributed by atoms with Crippen molar-refractivity contribution in [3.05, 3.63) is 120 Å². The van der Waals surface area contributed by atoms with Gasteiger partial charge in [0, 0.05) is 74.3 Å². The molecule has 1 aliphatic heterocycles. The molecule has 1 fully saturated rings. The zero-order valence-electron chi connectivity index (χ0n) is 69.7. The molecule has 1 aliphatic rings. The number of phenols is 1. The number of aliphatic hydroxyl groups excluding tert-OH is 2. The standard InChI is InChI=1S/C81H119N23O18/c1-42(2)31-59(79(121)122)99-72(114)58(35-49-37-87-41-92-49)98-76(118)65(44(5)6)103-77(119)66(45(7)8)102-68(110)54(22-15-29-89-81(85)86)95-73(115)60(39-105)100-70(112)56(32-46-17-10-9-11-18-46)97-74(116)62-23-16-30-104(62)78(120)61(40-106)101-67(109)53(21-14-28-88-80(83)84)94-69(111)55(33-47-24-26-50(107)27-25-47)96-71(113)57(34-48-36-90-52-20-13-12-19-51(48)52)93-63(108)38-91-75(117)64(82)43(3)4/h9-13,17-20,24-27,36-37,41-45,53-62,64-66,90,105-107H,14-16,21-23,28-35,38-40,82H2,1-8H3,(H,87,92)(H,91,117)(H,93,108)(H,94,111)(H,95,115)(H,96,113)(H,97,116)(H,98,118)(H,99,114)(H,100,112)(H,101,109)(H,102,110)(H,103,119)(H,121,122)(H4,83,84,88)(H4,85,86,89)/t53-,54-,55+,56-,57+,58+,59-,60+,61-,62+,64-,65-,66-/m0/s1. The van der Waals surface area contributed by atoms with Crippen LogP contribution >= 0.6 is 0 Å². The Balaban J connectivity index is 1.19. The molecule has 13 atom stereocenters. The van der Waals surface area contributed by atoms with Gasteiger partial charge in [-0.2, -0.15) is 0 Å². The number of rotatable bonds is 49. The van der Waals surface area contributed by atoms with Crippen LogP contribution in [0.15, 0.2) is 97.6 Å². The van der Waals surface area contributed by atoms with Gasteiger partial charge in [0.2, 0.25) is 76.8 Å². The highest BCUT2D eigenvalue weighted by molar-refractivity contribution is 6.01. The molecule has 122 heavy (non-hydrogen) atoms. The molecule has 0 spiro atoms. The first-order chi connectivity index (χ1) is 57.9. The Kier molecular flexibility index (Phi) is 38.9. The first kappa shape index (κ1) is 98.0. The number of carbonyl (C=O) groups excluding carboxylic acids is 13. The number of carboxylic acids is 1. The molecule has 1 saturated heterocycles. The minimum atomic E-state index is -1.85. The van der Waals surface area contributed by atoms with Gasteiger partial charge in [0.25, 0.3) is 0 Å². The minimum Gasteiger partial charge on any atom is -0.508 e. The van der Waals surface area contributed by atoms with Crippen molar-refractivity contribution in [2.24, 2.45) is 40.9 Å². The molecule has 3 aromatic carbocycles. The average molecular weight is 1700 g/mol. The summed E-state index contributed by atoms with van der Waals surface area (Å²) in [5, 5.41) is 94.2. The molecular formula is C81H119N23O18. The van der Waals surface area contributed by atoms with Crippen LogP contribution in [0.3, 0.4) is 0 Å². The molecule has 28 N–H and O–H groups in total. The molecule has 41 heteroatoms. The summed E-state index contributed by atoms with van der Waals surface area (Å²) < 4.78 is 0. The van der Waals surface area contributed by atoms with Crippen LogP contribution in [0.1, 0.15) is 123 Å². The van der Waals surface area contributed by atoms with Gasteiger partial charge in [0.1, 0.15) is 78.3 Å². The van der Waals surface area contributed by atoms with Crippen molar-refractivity contribution in [1.82, 2.24) is 94.3 Å². The maximum absolute atomic E-state index is 14.9. The molecule has 3 heterocycles. The fraction of sp³-hybridized carbons (Fsp3) is 0.519. The summed E-state index contributed by atoms with van der Waals surface area (Å²) in [6.45, 7) is 10.5. The topological polar surface area (TPSA) is 662 Å². The maximum atomic E-state index is 14.9. The first-order valence-corrected chi connectivity index (χ1v) is 40.5. The number of phenolic OH excluding ortho intramolecular Hbond substituents is 1. The van der Waals surface area contributed by atoms with E-state index in [0.717, 1.165) is 4.90 Å². The van der Waals surface area contributed by atoms with Crippen LogP contribution in [0.2, 0.25) is 0 Å². The summed E-state index contributed by atoms with van der Waals surface area (Å²) >= 11 is 0. The van der Waals surface area contributed by atoms with Crippen LogP contribution in [0.5, 0.6) is 5.75 Å². The van der Waals surface area contributed by atoms with Gasteiger partial charge < -0.3 is 127 Å². The van der Waals surface area contributed by atoms with Crippen molar-refractivity contribution in [3.8, 4) is 5.75 Å². The lowest BCUT2D eigenvalue weighted by molar-refractivity contribution is -0.143. The molecule has 0 aliphatic carbocycles. The third-order valence-corrected chi connectivity index (χ3v) is 20.2. The number of para-hydroxylation sites is 1. The number of H-pyrrole nitrogens is 2. The van der Waals surface area contributed by atoms with Gasteiger partial charge in [-0.3, -0.25) is 73.1 Å². The van der Waals surface area contributed by atoms with E-state index in [1.54, 1.807) is 116 Å². The third-order valence-electron chi connectivity index (χ3n) is 20.2. The lowest BCUT2D eigenvalue weighted by atomic mass is 9.98. The Bertz CT molecular complexity index is 4390. The van der Waals surface area contributed by atoms with Gasteiger partial charge in [0.05, 0.1) is 32.1 Å². The maximum Gasteiger partial charge on any atom is 0.326 e. The summed E-state index contributed by atoms with van der Waals surface area (Å²) in [5.41, 5.74) is 19.7. The largest absolute Gasteiger partial charge is 0.508 e. The lowest BCUT2D eigenvalue weighted by Crippen LogP contribution is -2.62. The van der Waals surface area contributed by atoms with E-state index in [0.29, 0.717) is 33.3 Å². The third kappa shape index (κ3) is 31.1. The molecular weight excluding hydrogens is 1580 g/mol. The minimum absolute atomic E-state index is 0.00330. The summed E-state index contributed by atoms with van der Waals surface area (Å²) in [7, 11) is 0. The van der Waals surface area contributed by atoms with Crippen molar-refractivity contribution in [3.63, 3.8) is 0 Å². The van der Waals surface area contributed by atoms with Gasteiger partial charge in [-0.25, -0.2) is 9.78 Å². The van der Waals surface area contributed by atoms with E-state index in [9.17, 15) is 87.5 Å². The molecule has 5 aromatic rings. The van der Waals surface area contributed by atoms with E-state index in [1.165, 1.54) is 36.8 Å². The van der Waals surface area contributed by atoms with Gasteiger partial charge in [-0.1, -0.05) is 116 Å².